The minimum atomic E-state index is -0.644. The lowest BCUT2D eigenvalue weighted by molar-refractivity contribution is 0.155. The molecule has 7 heteroatoms. The number of amides is 1. The first kappa shape index (κ1) is 14.6. The predicted molar refractivity (Wildman–Crippen MR) is 85.4 cm³/mol. The highest BCUT2D eigenvalue weighted by Gasteiger charge is 2.07. The summed E-state index contributed by atoms with van der Waals surface area (Å²) in [4.78, 5) is 35.1. The zero-order chi connectivity index (χ0) is 16.2. The summed E-state index contributed by atoms with van der Waals surface area (Å²) in [6.07, 6.45) is -0.644. The summed E-state index contributed by atoms with van der Waals surface area (Å²) in [5.74, 6) is 0. The normalized spacial score (nSPS) is 10.4. The summed E-state index contributed by atoms with van der Waals surface area (Å²) >= 11 is 0. The largest absolute Gasteiger partial charge is 0.444 e. The second-order valence-electron chi connectivity index (χ2n) is 4.86. The van der Waals surface area contributed by atoms with Gasteiger partial charge in [-0.1, -0.05) is 30.3 Å². The molecule has 0 radical (unpaired) electrons. The fourth-order valence-electron chi connectivity index (χ4n) is 2.13. The first-order valence-corrected chi connectivity index (χ1v) is 6.86. The molecule has 116 valence electrons. The van der Waals surface area contributed by atoms with Crippen molar-refractivity contribution in [3.05, 3.63) is 74.8 Å². The molecule has 3 aromatic rings. The number of ether oxygens (including phenoxy) is 1. The molecule has 23 heavy (non-hydrogen) atoms. The Labute approximate surface area is 129 Å². The van der Waals surface area contributed by atoms with Crippen molar-refractivity contribution in [1.29, 1.82) is 0 Å². The van der Waals surface area contributed by atoms with Crippen molar-refractivity contribution >= 4 is 22.6 Å². The van der Waals surface area contributed by atoms with Crippen molar-refractivity contribution in [2.24, 2.45) is 0 Å². The lowest BCUT2D eigenvalue weighted by Gasteiger charge is -2.07. The van der Waals surface area contributed by atoms with Crippen molar-refractivity contribution in [3.8, 4) is 0 Å². The number of aromatic nitrogens is 2. The van der Waals surface area contributed by atoms with Gasteiger partial charge in [-0.2, -0.15) is 0 Å². The summed E-state index contributed by atoms with van der Waals surface area (Å²) in [6.45, 7) is 0.139. The van der Waals surface area contributed by atoms with Crippen LogP contribution in [-0.4, -0.2) is 16.3 Å². The van der Waals surface area contributed by atoms with Gasteiger partial charge in [0.1, 0.15) is 6.61 Å². The topological polar surface area (TPSA) is 104 Å². The van der Waals surface area contributed by atoms with E-state index in [0.717, 1.165) is 5.56 Å². The number of benzene rings is 2. The van der Waals surface area contributed by atoms with Gasteiger partial charge in [0, 0.05) is 5.69 Å². The number of hydrogen-bond acceptors (Lipinski definition) is 4. The summed E-state index contributed by atoms with van der Waals surface area (Å²) < 4.78 is 5.09. The molecule has 0 atom stereocenters. The van der Waals surface area contributed by atoms with Gasteiger partial charge in [0.05, 0.1) is 10.8 Å². The number of hydrogen-bond donors (Lipinski definition) is 3. The monoisotopic (exact) mass is 311 g/mol. The summed E-state index contributed by atoms with van der Waals surface area (Å²) in [5, 5.41) is 7.43. The maximum absolute atomic E-state index is 11.8. The summed E-state index contributed by atoms with van der Waals surface area (Å²) in [6, 6.07) is 13.7. The zero-order valence-electron chi connectivity index (χ0n) is 12.0. The minimum absolute atomic E-state index is 0.139. The molecular formula is C16H13N3O4. The molecule has 1 aromatic heterocycles. The van der Waals surface area contributed by atoms with E-state index in [4.69, 9.17) is 4.74 Å². The SMILES string of the molecule is O=C(Nc1ccc2c(=O)[nH][nH]c(=O)c2c1)OCc1ccccc1. The third kappa shape index (κ3) is 3.29. The Morgan fingerprint density at radius 2 is 1.65 bits per heavy atom. The van der Waals surface area contributed by atoms with Gasteiger partial charge in [0.15, 0.2) is 0 Å². The van der Waals surface area contributed by atoms with Crippen molar-refractivity contribution < 1.29 is 9.53 Å². The van der Waals surface area contributed by atoms with E-state index in [1.165, 1.54) is 18.2 Å². The van der Waals surface area contributed by atoms with Crippen molar-refractivity contribution in [3.63, 3.8) is 0 Å². The Kier molecular flexibility index (Phi) is 3.92. The molecule has 1 amide bonds. The Bertz CT molecular complexity index is 960. The van der Waals surface area contributed by atoms with Crippen LogP contribution in [0.3, 0.4) is 0 Å². The second kappa shape index (κ2) is 6.18. The highest BCUT2D eigenvalue weighted by molar-refractivity contribution is 5.90. The number of anilines is 1. The number of H-pyrrole nitrogens is 2. The van der Waals surface area contributed by atoms with E-state index in [2.05, 4.69) is 15.5 Å². The van der Waals surface area contributed by atoms with Crippen LogP contribution in [0, 0.1) is 0 Å². The van der Waals surface area contributed by atoms with E-state index in [1.54, 1.807) is 0 Å². The standard InChI is InChI=1S/C16H13N3O4/c20-14-12-7-6-11(8-13(12)15(21)19-18-14)17-16(22)23-9-10-4-2-1-3-5-10/h1-8H,9H2,(H,17,22)(H,18,20)(H,19,21). The molecule has 0 fully saturated rings. The van der Waals surface area contributed by atoms with Gasteiger partial charge >= 0.3 is 6.09 Å². The first-order chi connectivity index (χ1) is 11.1. The van der Waals surface area contributed by atoms with Gasteiger partial charge < -0.3 is 4.74 Å². The van der Waals surface area contributed by atoms with E-state index in [1.807, 2.05) is 30.3 Å². The molecule has 1 heterocycles. The molecular weight excluding hydrogens is 298 g/mol. The molecule has 0 bridgehead atoms. The van der Waals surface area contributed by atoms with Crippen molar-refractivity contribution in [2.45, 2.75) is 6.61 Å². The number of fused-ring (bicyclic) bond motifs is 1. The molecule has 0 saturated carbocycles. The number of rotatable bonds is 3. The third-order valence-corrected chi connectivity index (χ3v) is 3.26. The lowest BCUT2D eigenvalue weighted by atomic mass is 10.2. The summed E-state index contributed by atoms with van der Waals surface area (Å²) in [5.41, 5.74) is 0.384. The predicted octanol–water partition coefficient (Wildman–Crippen LogP) is 1.97. The highest BCUT2D eigenvalue weighted by atomic mass is 16.5. The Morgan fingerprint density at radius 1 is 0.957 bits per heavy atom. The highest BCUT2D eigenvalue weighted by Crippen LogP contribution is 2.13. The zero-order valence-corrected chi connectivity index (χ0v) is 12.0. The number of aromatic amines is 2. The van der Waals surface area contributed by atoms with Gasteiger partial charge in [-0.05, 0) is 23.8 Å². The van der Waals surface area contributed by atoms with Crippen molar-refractivity contribution in [1.82, 2.24) is 10.2 Å². The van der Waals surface area contributed by atoms with Crippen LogP contribution in [-0.2, 0) is 11.3 Å². The third-order valence-electron chi connectivity index (χ3n) is 3.26. The maximum Gasteiger partial charge on any atom is 0.411 e. The van der Waals surface area contributed by atoms with Gasteiger partial charge in [-0.25, -0.2) is 4.79 Å². The molecule has 3 N–H and O–H groups in total. The van der Waals surface area contributed by atoms with Crippen LogP contribution in [0.4, 0.5) is 10.5 Å². The van der Waals surface area contributed by atoms with E-state index in [9.17, 15) is 14.4 Å². The summed E-state index contributed by atoms with van der Waals surface area (Å²) in [7, 11) is 0. The van der Waals surface area contributed by atoms with E-state index < -0.39 is 17.2 Å². The second-order valence-corrected chi connectivity index (χ2v) is 4.86. The Morgan fingerprint density at radius 3 is 2.39 bits per heavy atom. The van der Waals surface area contributed by atoms with Crippen LogP contribution >= 0.6 is 0 Å². The number of carbonyl (C=O) groups is 1. The first-order valence-electron chi connectivity index (χ1n) is 6.86. The van der Waals surface area contributed by atoms with Crippen molar-refractivity contribution in [2.75, 3.05) is 5.32 Å². The molecule has 0 aliphatic carbocycles. The molecule has 0 aliphatic heterocycles. The van der Waals surface area contributed by atoms with Gasteiger partial charge in [-0.3, -0.25) is 25.1 Å². The minimum Gasteiger partial charge on any atom is -0.444 e. The molecule has 0 spiro atoms. The van der Waals surface area contributed by atoms with Crippen LogP contribution in [0.15, 0.2) is 58.1 Å². The molecule has 3 rings (SSSR count). The molecule has 2 aromatic carbocycles. The number of nitrogens with one attached hydrogen (secondary N) is 3. The van der Waals surface area contributed by atoms with Crippen LogP contribution in [0.5, 0.6) is 0 Å². The van der Waals surface area contributed by atoms with E-state index >= 15 is 0 Å². The number of carbonyl (C=O) groups excluding carboxylic acids is 1. The fourth-order valence-corrected chi connectivity index (χ4v) is 2.13. The van der Waals surface area contributed by atoms with Crippen LogP contribution in [0.25, 0.3) is 10.8 Å². The smallest absolute Gasteiger partial charge is 0.411 e. The Hall–Kier alpha value is -3.35. The average Bonchev–Trinajstić information content (AvgIpc) is 2.57. The van der Waals surface area contributed by atoms with Gasteiger partial charge in [0.25, 0.3) is 11.1 Å². The van der Waals surface area contributed by atoms with Crippen LogP contribution in [0.1, 0.15) is 5.56 Å². The fraction of sp³-hybridized carbons (Fsp3) is 0.0625. The van der Waals surface area contributed by atoms with Gasteiger partial charge in [-0.15, -0.1) is 0 Å². The van der Waals surface area contributed by atoms with Crippen LogP contribution < -0.4 is 16.4 Å². The molecule has 0 unspecified atom stereocenters. The average molecular weight is 311 g/mol. The Balaban J connectivity index is 1.74. The molecule has 0 aliphatic rings. The van der Waals surface area contributed by atoms with E-state index in [-0.39, 0.29) is 17.4 Å². The van der Waals surface area contributed by atoms with E-state index in [0.29, 0.717) is 5.69 Å². The molecule has 7 nitrogen and oxygen atoms in total. The maximum atomic E-state index is 11.8. The van der Waals surface area contributed by atoms with Gasteiger partial charge in [0.2, 0.25) is 0 Å². The lowest BCUT2D eigenvalue weighted by Crippen LogP contribution is -2.19. The molecule has 0 saturated heterocycles. The quantitative estimate of drug-likeness (QED) is 0.687. The van der Waals surface area contributed by atoms with Crippen LogP contribution in [0.2, 0.25) is 0 Å².